The molecule has 2 atom stereocenters. The van der Waals surface area contributed by atoms with Crippen LogP contribution in [0.5, 0.6) is 0 Å². The van der Waals surface area contributed by atoms with E-state index in [1.807, 2.05) is 6.07 Å². The number of fused-ring (bicyclic) bond motifs is 1. The zero-order valence-corrected chi connectivity index (χ0v) is 13.1. The van der Waals surface area contributed by atoms with Crippen LogP contribution in [0.15, 0.2) is 24.3 Å². The molecule has 1 aromatic carbocycles. The van der Waals surface area contributed by atoms with E-state index in [2.05, 4.69) is 54.2 Å². The van der Waals surface area contributed by atoms with Crippen molar-refractivity contribution in [3.05, 3.63) is 24.3 Å². The predicted octanol–water partition coefficient (Wildman–Crippen LogP) is 3.54. The molecule has 3 rings (SSSR count). The molecule has 1 aliphatic heterocycles. The summed E-state index contributed by atoms with van der Waals surface area (Å²) in [4.78, 5) is 11.8. The third kappa shape index (κ3) is 2.80. The van der Waals surface area contributed by atoms with Crippen LogP contribution in [-0.2, 0) is 0 Å². The van der Waals surface area contributed by atoms with Gasteiger partial charge in [-0.3, -0.25) is 0 Å². The first-order valence-electron chi connectivity index (χ1n) is 7.94. The van der Waals surface area contributed by atoms with Gasteiger partial charge in [-0.25, -0.2) is 4.98 Å². The molecular formula is C17H24N4. The summed E-state index contributed by atoms with van der Waals surface area (Å²) >= 11 is 0. The summed E-state index contributed by atoms with van der Waals surface area (Å²) in [7, 11) is 0. The molecule has 112 valence electrons. The highest BCUT2D eigenvalue weighted by Crippen LogP contribution is 2.30. The van der Waals surface area contributed by atoms with Gasteiger partial charge in [-0.1, -0.05) is 26.0 Å². The van der Waals surface area contributed by atoms with E-state index in [4.69, 9.17) is 4.98 Å². The number of hydrogen-bond donors (Lipinski definition) is 1. The summed E-state index contributed by atoms with van der Waals surface area (Å²) < 4.78 is 0. The molecule has 2 aromatic rings. The Hall–Kier alpha value is -1.84. The van der Waals surface area contributed by atoms with Gasteiger partial charge in [0.2, 0.25) is 5.95 Å². The van der Waals surface area contributed by atoms with Crippen LogP contribution >= 0.6 is 0 Å². The normalized spacial score (nSPS) is 22.5. The van der Waals surface area contributed by atoms with Crippen LogP contribution in [0.3, 0.4) is 0 Å². The second-order valence-corrected chi connectivity index (χ2v) is 6.11. The second kappa shape index (κ2) is 5.88. The zero-order valence-electron chi connectivity index (χ0n) is 13.1. The largest absolute Gasteiger partial charge is 0.356 e. The molecule has 21 heavy (non-hydrogen) atoms. The molecule has 0 bridgehead atoms. The first-order valence-corrected chi connectivity index (χ1v) is 7.94. The van der Waals surface area contributed by atoms with E-state index in [1.165, 1.54) is 6.42 Å². The van der Waals surface area contributed by atoms with E-state index in [-0.39, 0.29) is 0 Å². The summed E-state index contributed by atoms with van der Waals surface area (Å²) in [5.41, 5.74) is 1.02. The van der Waals surface area contributed by atoms with E-state index in [9.17, 15) is 0 Å². The smallest absolute Gasteiger partial charge is 0.225 e. The Kier molecular flexibility index (Phi) is 3.95. The summed E-state index contributed by atoms with van der Waals surface area (Å²) in [6.45, 7) is 9.76. The maximum absolute atomic E-state index is 4.78. The molecule has 1 fully saturated rings. The van der Waals surface area contributed by atoms with Crippen LogP contribution in [0.4, 0.5) is 11.8 Å². The van der Waals surface area contributed by atoms with Gasteiger partial charge in [-0.05, 0) is 37.3 Å². The molecule has 0 amide bonds. The van der Waals surface area contributed by atoms with Gasteiger partial charge in [0, 0.05) is 25.0 Å². The van der Waals surface area contributed by atoms with Crippen molar-refractivity contribution in [2.24, 2.45) is 11.8 Å². The van der Waals surface area contributed by atoms with Crippen LogP contribution in [0.2, 0.25) is 0 Å². The minimum absolute atomic E-state index is 0.704. The van der Waals surface area contributed by atoms with Crippen molar-refractivity contribution in [2.45, 2.75) is 27.2 Å². The molecule has 4 heteroatoms. The first-order chi connectivity index (χ1) is 10.2. The number of anilines is 2. The van der Waals surface area contributed by atoms with Crippen molar-refractivity contribution in [1.82, 2.24) is 9.97 Å². The van der Waals surface area contributed by atoms with Gasteiger partial charge in [0.05, 0.1) is 5.52 Å². The Balaban J connectivity index is 2.03. The summed E-state index contributed by atoms with van der Waals surface area (Å²) in [5, 5.41) is 4.40. The summed E-state index contributed by atoms with van der Waals surface area (Å²) in [6.07, 6.45) is 1.23. The Morgan fingerprint density at radius 3 is 2.76 bits per heavy atom. The highest BCUT2D eigenvalue weighted by Gasteiger charge is 2.25. The lowest BCUT2D eigenvalue weighted by atomic mass is 9.88. The number of aromatic nitrogens is 2. The molecule has 1 saturated heterocycles. The highest BCUT2D eigenvalue weighted by atomic mass is 15.2. The predicted molar refractivity (Wildman–Crippen MR) is 88.9 cm³/mol. The number of piperidine rings is 1. The first kappa shape index (κ1) is 14.1. The van der Waals surface area contributed by atoms with Crippen molar-refractivity contribution in [1.29, 1.82) is 0 Å². The van der Waals surface area contributed by atoms with E-state index in [0.717, 1.165) is 48.2 Å². The second-order valence-electron chi connectivity index (χ2n) is 6.11. The Morgan fingerprint density at radius 1 is 1.19 bits per heavy atom. The van der Waals surface area contributed by atoms with E-state index < -0.39 is 0 Å². The number of nitrogens with zero attached hydrogens (tertiary/aromatic N) is 3. The molecule has 1 aliphatic rings. The third-order valence-corrected chi connectivity index (χ3v) is 4.55. The number of para-hydroxylation sites is 1. The maximum Gasteiger partial charge on any atom is 0.225 e. The molecule has 4 nitrogen and oxygen atoms in total. The lowest BCUT2D eigenvalue weighted by Crippen LogP contribution is -2.39. The van der Waals surface area contributed by atoms with Gasteiger partial charge in [0.1, 0.15) is 5.82 Å². The van der Waals surface area contributed by atoms with E-state index in [0.29, 0.717) is 5.92 Å². The van der Waals surface area contributed by atoms with Crippen LogP contribution in [-0.4, -0.2) is 29.6 Å². The highest BCUT2D eigenvalue weighted by molar-refractivity contribution is 5.90. The quantitative estimate of drug-likeness (QED) is 0.936. The fourth-order valence-corrected chi connectivity index (χ4v) is 2.99. The van der Waals surface area contributed by atoms with Crippen LogP contribution in [0.1, 0.15) is 27.2 Å². The number of nitrogens with one attached hydrogen (secondary N) is 1. The molecule has 1 aromatic heterocycles. The van der Waals surface area contributed by atoms with Gasteiger partial charge >= 0.3 is 0 Å². The molecule has 2 heterocycles. The van der Waals surface area contributed by atoms with E-state index in [1.54, 1.807) is 0 Å². The number of benzene rings is 1. The third-order valence-electron chi connectivity index (χ3n) is 4.55. The molecule has 0 aliphatic carbocycles. The molecule has 1 N–H and O–H groups in total. The summed E-state index contributed by atoms with van der Waals surface area (Å²) in [6, 6.07) is 8.30. The fraction of sp³-hybridized carbons (Fsp3) is 0.529. The van der Waals surface area contributed by atoms with Crippen LogP contribution < -0.4 is 10.2 Å². The zero-order chi connectivity index (χ0) is 14.8. The molecule has 0 radical (unpaired) electrons. The van der Waals surface area contributed by atoms with Crippen LogP contribution in [0, 0.1) is 11.8 Å². The monoisotopic (exact) mass is 284 g/mol. The van der Waals surface area contributed by atoms with Crippen molar-refractivity contribution in [3.8, 4) is 0 Å². The lowest BCUT2D eigenvalue weighted by molar-refractivity contribution is 0.323. The van der Waals surface area contributed by atoms with Gasteiger partial charge in [-0.2, -0.15) is 4.98 Å². The number of hydrogen-bond acceptors (Lipinski definition) is 4. The van der Waals surface area contributed by atoms with Gasteiger partial charge in [-0.15, -0.1) is 0 Å². The Bertz CT molecular complexity index is 625. The van der Waals surface area contributed by atoms with Gasteiger partial charge < -0.3 is 10.2 Å². The molecular weight excluding hydrogens is 260 g/mol. The van der Waals surface area contributed by atoms with Crippen molar-refractivity contribution in [3.63, 3.8) is 0 Å². The fourth-order valence-electron chi connectivity index (χ4n) is 2.99. The standard InChI is InChI=1S/C17H24N4/c1-4-18-17-19-15-8-6-5-7-14(15)16(20-17)21-10-9-12(2)13(3)11-21/h5-8,12-13H,4,9-11H2,1-3H3,(H,18,19,20). The minimum atomic E-state index is 0.704. The van der Waals surface area contributed by atoms with Crippen molar-refractivity contribution < 1.29 is 0 Å². The SMILES string of the molecule is CCNc1nc(N2CCC(C)C(C)C2)c2ccccc2n1. The average molecular weight is 284 g/mol. The summed E-state index contributed by atoms with van der Waals surface area (Å²) in [5.74, 6) is 3.31. The molecule has 0 spiro atoms. The average Bonchev–Trinajstić information content (AvgIpc) is 2.50. The molecule has 2 unspecified atom stereocenters. The topological polar surface area (TPSA) is 41.1 Å². The number of rotatable bonds is 3. The van der Waals surface area contributed by atoms with Gasteiger partial charge in [0.15, 0.2) is 0 Å². The maximum atomic E-state index is 4.78. The van der Waals surface area contributed by atoms with E-state index >= 15 is 0 Å². The van der Waals surface area contributed by atoms with Crippen LogP contribution in [0.25, 0.3) is 10.9 Å². The lowest BCUT2D eigenvalue weighted by Gasteiger charge is -2.36. The van der Waals surface area contributed by atoms with Crippen molar-refractivity contribution >= 4 is 22.7 Å². The van der Waals surface area contributed by atoms with Gasteiger partial charge in [0.25, 0.3) is 0 Å². The molecule has 0 saturated carbocycles. The minimum Gasteiger partial charge on any atom is -0.356 e. The van der Waals surface area contributed by atoms with Crippen molar-refractivity contribution in [2.75, 3.05) is 29.9 Å². The Morgan fingerprint density at radius 2 is 2.00 bits per heavy atom. The Labute approximate surface area is 126 Å².